The van der Waals surface area contributed by atoms with Crippen molar-refractivity contribution in [3.05, 3.63) is 29.6 Å². The Morgan fingerprint density at radius 2 is 2.11 bits per heavy atom. The molecule has 0 aliphatic heterocycles. The first kappa shape index (κ1) is 15.9. The van der Waals surface area contributed by atoms with Gasteiger partial charge in [0.25, 0.3) is 0 Å². The SMILES string of the molecule is CCS(=O)(=O)CCCOc1ccc([C@@H](C)N)c(F)c1. The zero-order valence-corrected chi connectivity index (χ0v) is 12.0. The quantitative estimate of drug-likeness (QED) is 0.780. The van der Waals surface area contributed by atoms with Crippen molar-refractivity contribution in [2.45, 2.75) is 26.3 Å². The highest BCUT2D eigenvalue weighted by Crippen LogP contribution is 2.20. The zero-order chi connectivity index (χ0) is 14.5. The van der Waals surface area contributed by atoms with Crippen molar-refractivity contribution in [3.63, 3.8) is 0 Å². The van der Waals surface area contributed by atoms with Gasteiger partial charge in [0, 0.05) is 23.4 Å². The monoisotopic (exact) mass is 289 g/mol. The van der Waals surface area contributed by atoms with Gasteiger partial charge in [0.15, 0.2) is 0 Å². The molecule has 6 heteroatoms. The summed E-state index contributed by atoms with van der Waals surface area (Å²) in [5.41, 5.74) is 6.03. The lowest BCUT2D eigenvalue weighted by Crippen LogP contribution is -2.12. The molecular formula is C13H20FNO3S. The molecule has 1 atom stereocenters. The number of rotatable bonds is 7. The molecule has 108 valence electrons. The van der Waals surface area contributed by atoms with Gasteiger partial charge >= 0.3 is 0 Å². The van der Waals surface area contributed by atoms with E-state index in [9.17, 15) is 12.8 Å². The second-order valence-electron chi connectivity index (χ2n) is 4.41. The molecule has 0 heterocycles. The van der Waals surface area contributed by atoms with Gasteiger partial charge < -0.3 is 10.5 Å². The number of halogens is 1. The maximum Gasteiger partial charge on any atom is 0.150 e. The summed E-state index contributed by atoms with van der Waals surface area (Å²) in [4.78, 5) is 0. The lowest BCUT2D eigenvalue weighted by molar-refractivity contribution is 0.315. The van der Waals surface area contributed by atoms with Gasteiger partial charge in [-0.3, -0.25) is 0 Å². The number of sulfone groups is 1. The molecule has 0 amide bonds. The van der Waals surface area contributed by atoms with E-state index in [-0.39, 0.29) is 24.2 Å². The van der Waals surface area contributed by atoms with E-state index in [1.807, 2.05) is 0 Å². The molecule has 0 radical (unpaired) electrons. The Kier molecular flexibility index (Phi) is 5.75. The fraction of sp³-hybridized carbons (Fsp3) is 0.538. The topological polar surface area (TPSA) is 69.4 Å². The summed E-state index contributed by atoms with van der Waals surface area (Å²) in [6, 6.07) is 4.12. The highest BCUT2D eigenvalue weighted by atomic mass is 32.2. The van der Waals surface area contributed by atoms with E-state index in [0.29, 0.717) is 17.7 Å². The fourth-order valence-corrected chi connectivity index (χ4v) is 2.43. The third kappa shape index (κ3) is 5.16. The molecule has 0 aliphatic rings. The molecule has 0 saturated heterocycles. The van der Waals surface area contributed by atoms with Crippen LogP contribution in [0.2, 0.25) is 0 Å². The van der Waals surface area contributed by atoms with Gasteiger partial charge in [-0.15, -0.1) is 0 Å². The summed E-state index contributed by atoms with van der Waals surface area (Å²) in [6.07, 6.45) is 0.396. The van der Waals surface area contributed by atoms with Gasteiger partial charge in [-0.1, -0.05) is 13.0 Å². The molecule has 2 N–H and O–H groups in total. The van der Waals surface area contributed by atoms with Crippen LogP contribution >= 0.6 is 0 Å². The standard InChI is InChI=1S/C13H20FNO3S/c1-3-19(16,17)8-4-7-18-11-5-6-12(10(2)15)13(14)9-11/h5-6,9-10H,3-4,7-8,15H2,1-2H3/t10-/m1/s1. The van der Waals surface area contributed by atoms with Gasteiger partial charge in [-0.05, 0) is 19.4 Å². The maximum atomic E-state index is 13.6. The molecular weight excluding hydrogens is 269 g/mol. The van der Waals surface area contributed by atoms with Crippen LogP contribution < -0.4 is 10.5 Å². The molecule has 0 spiro atoms. The Balaban J connectivity index is 2.49. The predicted molar refractivity (Wildman–Crippen MR) is 73.4 cm³/mol. The van der Waals surface area contributed by atoms with Crippen molar-refractivity contribution < 1.29 is 17.5 Å². The number of nitrogens with two attached hydrogens (primary N) is 1. The highest BCUT2D eigenvalue weighted by Gasteiger charge is 2.09. The van der Waals surface area contributed by atoms with E-state index in [4.69, 9.17) is 10.5 Å². The highest BCUT2D eigenvalue weighted by molar-refractivity contribution is 7.91. The van der Waals surface area contributed by atoms with Crippen molar-refractivity contribution in [3.8, 4) is 5.75 Å². The van der Waals surface area contributed by atoms with Crippen LogP contribution in [0.3, 0.4) is 0 Å². The van der Waals surface area contributed by atoms with Gasteiger partial charge in [-0.2, -0.15) is 0 Å². The van der Waals surface area contributed by atoms with Crippen molar-refractivity contribution in [2.24, 2.45) is 5.73 Å². The van der Waals surface area contributed by atoms with E-state index in [0.717, 1.165) is 0 Å². The molecule has 19 heavy (non-hydrogen) atoms. The summed E-state index contributed by atoms with van der Waals surface area (Å²) in [5, 5.41) is 0. The number of hydrogen-bond donors (Lipinski definition) is 1. The summed E-state index contributed by atoms with van der Waals surface area (Å²) in [5.74, 6) is 0.193. The summed E-state index contributed by atoms with van der Waals surface area (Å²) in [6.45, 7) is 3.56. The summed E-state index contributed by atoms with van der Waals surface area (Å²) in [7, 11) is -2.97. The van der Waals surface area contributed by atoms with E-state index in [1.165, 1.54) is 6.07 Å². The number of ether oxygens (including phenoxy) is 1. The first-order chi connectivity index (χ1) is 8.85. The van der Waals surface area contributed by atoms with Gasteiger partial charge in [0.2, 0.25) is 0 Å². The normalized spacial score (nSPS) is 13.3. The van der Waals surface area contributed by atoms with Gasteiger partial charge in [-0.25, -0.2) is 12.8 Å². The van der Waals surface area contributed by atoms with Crippen LogP contribution in [0.5, 0.6) is 5.75 Å². The Morgan fingerprint density at radius 1 is 1.42 bits per heavy atom. The number of benzene rings is 1. The second kappa shape index (κ2) is 6.86. The first-order valence-electron chi connectivity index (χ1n) is 6.24. The van der Waals surface area contributed by atoms with Crippen molar-refractivity contribution in [1.82, 2.24) is 0 Å². The summed E-state index contributed by atoms with van der Waals surface area (Å²) < 4.78 is 41.4. The smallest absolute Gasteiger partial charge is 0.150 e. The van der Waals surface area contributed by atoms with Crippen LogP contribution in [0.15, 0.2) is 18.2 Å². The van der Waals surface area contributed by atoms with Crippen LogP contribution in [-0.4, -0.2) is 26.5 Å². The average molecular weight is 289 g/mol. The minimum atomic E-state index is -2.97. The molecule has 0 fully saturated rings. The second-order valence-corrected chi connectivity index (χ2v) is 6.88. The Labute approximate surface area is 113 Å². The van der Waals surface area contributed by atoms with Crippen LogP contribution in [-0.2, 0) is 9.84 Å². The predicted octanol–water partition coefficient (Wildman–Crippen LogP) is 2.05. The maximum absolute atomic E-state index is 13.6. The zero-order valence-electron chi connectivity index (χ0n) is 11.2. The molecule has 1 aromatic carbocycles. The molecule has 4 nitrogen and oxygen atoms in total. The number of hydrogen-bond acceptors (Lipinski definition) is 4. The molecule has 0 bridgehead atoms. The molecule has 0 aliphatic carbocycles. The molecule has 0 aromatic heterocycles. The molecule has 0 unspecified atom stereocenters. The lowest BCUT2D eigenvalue weighted by atomic mass is 10.1. The minimum absolute atomic E-state index is 0.0872. The third-order valence-corrected chi connectivity index (χ3v) is 4.56. The van der Waals surface area contributed by atoms with E-state index < -0.39 is 15.7 Å². The first-order valence-corrected chi connectivity index (χ1v) is 8.06. The van der Waals surface area contributed by atoms with Crippen LogP contribution in [0.25, 0.3) is 0 Å². The van der Waals surface area contributed by atoms with Crippen LogP contribution in [0, 0.1) is 5.82 Å². The van der Waals surface area contributed by atoms with Crippen molar-refractivity contribution in [2.75, 3.05) is 18.1 Å². The molecule has 0 saturated carbocycles. The van der Waals surface area contributed by atoms with Gasteiger partial charge in [0.05, 0.1) is 12.4 Å². The Morgan fingerprint density at radius 3 is 2.63 bits per heavy atom. The summed E-state index contributed by atoms with van der Waals surface area (Å²) >= 11 is 0. The third-order valence-electron chi connectivity index (χ3n) is 2.77. The Bertz CT molecular complexity index is 515. The van der Waals surface area contributed by atoms with Crippen LogP contribution in [0.4, 0.5) is 4.39 Å². The van der Waals surface area contributed by atoms with E-state index >= 15 is 0 Å². The van der Waals surface area contributed by atoms with Crippen molar-refractivity contribution >= 4 is 9.84 Å². The lowest BCUT2D eigenvalue weighted by Gasteiger charge is -2.10. The molecule has 1 rings (SSSR count). The van der Waals surface area contributed by atoms with Crippen molar-refractivity contribution in [1.29, 1.82) is 0 Å². The largest absolute Gasteiger partial charge is 0.493 e. The molecule has 1 aromatic rings. The fourth-order valence-electron chi connectivity index (χ4n) is 1.58. The van der Waals surface area contributed by atoms with E-state index in [2.05, 4.69) is 0 Å². The van der Waals surface area contributed by atoms with Gasteiger partial charge in [0.1, 0.15) is 21.4 Å². The Hall–Kier alpha value is -1.14. The van der Waals surface area contributed by atoms with E-state index in [1.54, 1.807) is 26.0 Å². The minimum Gasteiger partial charge on any atom is -0.493 e. The average Bonchev–Trinajstić information content (AvgIpc) is 2.34. The van der Waals surface area contributed by atoms with Crippen LogP contribution in [0.1, 0.15) is 31.9 Å².